The highest BCUT2D eigenvalue weighted by atomic mass is 16.5. The van der Waals surface area contributed by atoms with E-state index < -0.39 is 5.97 Å². The van der Waals surface area contributed by atoms with Crippen LogP contribution in [0.15, 0.2) is 18.2 Å². The Bertz CT molecular complexity index is 556. The molecular formula is C18H24O5. The van der Waals surface area contributed by atoms with E-state index >= 15 is 0 Å². The van der Waals surface area contributed by atoms with Gasteiger partial charge in [-0.15, -0.1) is 0 Å². The van der Waals surface area contributed by atoms with Crippen molar-refractivity contribution in [2.24, 2.45) is 0 Å². The van der Waals surface area contributed by atoms with Crippen molar-refractivity contribution in [1.29, 1.82) is 0 Å². The molecule has 3 atom stereocenters. The number of phenolic OH excluding ortho intramolecular Hbond substituents is 1. The van der Waals surface area contributed by atoms with E-state index in [-0.39, 0.29) is 36.2 Å². The first kappa shape index (κ1) is 16.3. The highest BCUT2D eigenvalue weighted by molar-refractivity contribution is 5.94. The molecule has 23 heavy (non-hydrogen) atoms. The minimum Gasteiger partial charge on any atom is -0.507 e. The van der Waals surface area contributed by atoms with E-state index in [0.717, 1.165) is 24.8 Å². The molecule has 2 heterocycles. The number of ether oxygens (including phenoxy) is 2. The van der Waals surface area contributed by atoms with Gasteiger partial charge in [-0.3, -0.25) is 0 Å². The van der Waals surface area contributed by atoms with E-state index in [1.165, 1.54) is 6.07 Å². The fourth-order valence-corrected chi connectivity index (χ4v) is 3.59. The van der Waals surface area contributed by atoms with Gasteiger partial charge in [0.2, 0.25) is 0 Å². The molecule has 2 bridgehead atoms. The molecule has 0 amide bonds. The zero-order valence-electron chi connectivity index (χ0n) is 13.2. The minimum absolute atomic E-state index is 0.0404. The Labute approximate surface area is 136 Å². The van der Waals surface area contributed by atoms with E-state index in [4.69, 9.17) is 14.6 Å². The Morgan fingerprint density at radius 2 is 2.04 bits per heavy atom. The molecular weight excluding hydrogens is 296 g/mol. The molecule has 126 valence electrons. The summed E-state index contributed by atoms with van der Waals surface area (Å²) >= 11 is 0. The summed E-state index contributed by atoms with van der Waals surface area (Å²) in [6, 6.07) is 5.11. The number of rotatable bonds is 3. The number of carbonyl (C=O) groups is 1. The fraction of sp³-hybridized carbons (Fsp3) is 0.611. The number of carbonyl (C=O) groups excluding carboxylic acids is 1. The number of phenols is 1. The van der Waals surface area contributed by atoms with Gasteiger partial charge in [0.05, 0.1) is 12.2 Å². The molecule has 0 spiro atoms. The Balaban J connectivity index is 1.91. The van der Waals surface area contributed by atoms with Gasteiger partial charge >= 0.3 is 5.97 Å². The quantitative estimate of drug-likeness (QED) is 0.837. The van der Waals surface area contributed by atoms with Gasteiger partial charge in [0.25, 0.3) is 0 Å². The Kier molecular flexibility index (Phi) is 5.18. The minimum atomic E-state index is -0.471. The number of hydrogen-bond acceptors (Lipinski definition) is 5. The molecule has 0 unspecified atom stereocenters. The maximum atomic E-state index is 12.6. The standard InChI is InChI=1S/C18H24O5/c19-9-3-7-15-11-14-6-2-5-13(22-14)10-12-4-1-8-16(20)17(12)18(21)23-15/h1,4,8,13-15,19-20H,2-3,5-7,9-11H2/t13-,14-,15+/m1/s1. The van der Waals surface area contributed by atoms with Crippen LogP contribution >= 0.6 is 0 Å². The smallest absolute Gasteiger partial charge is 0.342 e. The first-order valence-corrected chi connectivity index (χ1v) is 8.45. The first-order chi connectivity index (χ1) is 11.2. The van der Waals surface area contributed by atoms with Crippen molar-refractivity contribution in [2.75, 3.05) is 6.61 Å². The molecule has 1 fully saturated rings. The lowest BCUT2D eigenvalue weighted by Crippen LogP contribution is -2.35. The number of fused-ring (bicyclic) bond motifs is 3. The highest BCUT2D eigenvalue weighted by Gasteiger charge is 2.31. The normalized spacial score (nSPS) is 27.9. The van der Waals surface area contributed by atoms with E-state index in [1.54, 1.807) is 6.07 Å². The van der Waals surface area contributed by atoms with Gasteiger partial charge in [-0.05, 0) is 50.2 Å². The number of aromatic hydroxyl groups is 1. The predicted octanol–water partition coefficient (Wildman–Crippen LogP) is 2.57. The van der Waals surface area contributed by atoms with Crippen LogP contribution in [0.1, 0.15) is 54.4 Å². The molecule has 0 radical (unpaired) electrons. The Hall–Kier alpha value is -1.59. The van der Waals surface area contributed by atoms with Crippen molar-refractivity contribution in [2.45, 2.75) is 63.3 Å². The largest absolute Gasteiger partial charge is 0.507 e. The molecule has 1 aromatic rings. The molecule has 0 aliphatic carbocycles. The molecule has 5 nitrogen and oxygen atoms in total. The van der Waals surface area contributed by atoms with E-state index in [9.17, 15) is 9.90 Å². The van der Waals surface area contributed by atoms with Crippen molar-refractivity contribution < 1.29 is 24.5 Å². The van der Waals surface area contributed by atoms with Crippen molar-refractivity contribution in [3.8, 4) is 5.75 Å². The van der Waals surface area contributed by atoms with Crippen LogP contribution < -0.4 is 0 Å². The zero-order chi connectivity index (χ0) is 16.2. The van der Waals surface area contributed by atoms with Crippen LogP contribution in [-0.2, 0) is 15.9 Å². The summed E-state index contributed by atoms with van der Waals surface area (Å²) in [6.45, 7) is 0.0734. The summed E-state index contributed by atoms with van der Waals surface area (Å²) in [5.74, 6) is -0.512. The maximum Gasteiger partial charge on any atom is 0.342 e. The van der Waals surface area contributed by atoms with Gasteiger partial charge in [0.1, 0.15) is 17.4 Å². The third-order valence-electron chi connectivity index (χ3n) is 4.70. The molecule has 0 saturated carbocycles. The number of benzene rings is 1. The third kappa shape index (κ3) is 3.85. The van der Waals surface area contributed by atoms with Crippen molar-refractivity contribution in [3.63, 3.8) is 0 Å². The van der Waals surface area contributed by atoms with Gasteiger partial charge < -0.3 is 19.7 Å². The van der Waals surface area contributed by atoms with Crippen LogP contribution in [0.3, 0.4) is 0 Å². The van der Waals surface area contributed by atoms with Gasteiger partial charge in [-0.2, -0.15) is 0 Å². The van der Waals surface area contributed by atoms with Crippen LogP contribution in [0.4, 0.5) is 0 Å². The summed E-state index contributed by atoms with van der Waals surface area (Å²) < 4.78 is 11.8. The number of aliphatic hydroxyl groups is 1. The first-order valence-electron chi connectivity index (χ1n) is 8.45. The monoisotopic (exact) mass is 320 g/mol. The lowest BCUT2D eigenvalue weighted by atomic mass is 9.92. The second-order valence-electron chi connectivity index (χ2n) is 6.46. The van der Waals surface area contributed by atoms with E-state index in [1.807, 2.05) is 6.07 Å². The van der Waals surface area contributed by atoms with Gasteiger partial charge in [0.15, 0.2) is 0 Å². The van der Waals surface area contributed by atoms with Gasteiger partial charge in [0, 0.05) is 13.0 Å². The Morgan fingerprint density at radius 3 is 2.87 bits per heavy atom. The van der Waals surface area contributed by atoms with Crippen LogP contribution in [0.5, 0.6) is 5.75 Å². The summed E-state index contributed by atoms with van der Waals surface area (Å²) in [7, 11) is 0. The third-order valence-corrected chi connectivity index (χ3v) is 4.70. The number of aliphatic hydroxyl groups excluding tert-OH is 1. The second kappa shape index (κ2) is 7.32. The molecule has 3 rings (SSSR count). The van der Waals surface area contributed by atoms with E-state index in [0.29, 0.717) is 25.7 Å². The summed E-state index contributed by atoms with van der Waals surface area (Å²) in [5, 5.41) is 19.2. The van der Waals surface area contributed by atoms with Crippen LogP contribution in [0, 0.1) is 0 Å². The van der Waals surface area contributed by atoms with Gasteiger partial charge in [-0.25, -0.2) is 4.79 Å². The molecule has 2 N–H and O–H groups in total. The molecule has 0 aromatic heterocycles. The highest BCUT2D eigenvalue weighted by Crippen LogP contribution is 2.31. The topological polar surface area (TPSA) is 76.0 Å². The van der Waals surface area contributed by atoms with Crippen molar-refractivity contribution >= 4 is 5.97 Å². The lowest BCUT2D eigenvalue weighted by Gasteiger charge is -2.34. The fourth-order valence-electron chi connectivity index (χ4n) is 3.59. The summed E-state index contributed by atoms with van der Waals surface area (Å²) in [6.07, 6.45) is 5.42. The average molecular weight is 320 g/mol. The molecule has 2 aliphatic rings. The maximum absolute atomic E-state index is 12.6. The second-order valence-corrected chi connectivity index (χ2v) is 6.46. The molecule has 1 saturated heterocycles. The van der Waals surface area contributed by atoms with Crippen LogP contribution in [-0.4, -0.2) is 41.1 Å². The molecule has 5 heteroatoms. The number of hydrogen-bond donors (Lipinski definition) is 2. The van der Waals surface area contributed by atoms with Crippen LogP contribution in [0.2, 0.25) is 0 Å². The average Bonchev–Trinajstić information content (AvgIpc) is 2.52. The Morgan fingerprint density at radius 1 is 1.22 bits per heavy atom. The number of esters is 1. The van der Waals surface area contributed by atoms with Crippen molar-refractivity contribution in [3.05, 3.63) is 29.3 Å². The summed E-state index contributed by atoms with van der Waals surface area (Å²) in [5.41, 5.74) is 1.04. The zero-order valence-corrected chi connectivity index (χ0v) is 13.2. The lowest BCUT2D eigenvalue weighted by molar-refractivity contribution is -0.0739. The number of cyclic esters (lactones) is 1. The van der Waals surface area contributed by atoms with E-state index in [2.05, 4.69) is 0 Å². The molecule has 1 aromatic carbocycles. The predicted molar refractivity (Wildman–Crippen MR) is 84.5 cm³/mol. The van der Waals surface area contributed by atoms with Crippen molar-refractivity contribution in [1.82, 2.24) is 0 Å². The molecule has 2 aliphatic heterocycles. The summed E-state index contributed by atoms with van der Waals surface area (Å²) in [4.78, 5) is 12.6. The van der Waals surface area contributed by atoms with Crippen LogP contribution in [0.25, 0.3) is 0 Å². The van der Waals surface area contributed by atoms with Gasteiger partial charge in [-0.1, -0.05) is 12.1 Å². The SMILES string of the molecule is O=C1O[C@@H](CCCO)C[C@H]2CCC[C@H](Cc3cccc(O)c31)O2.